The highest BCUT2D eigenvalue weighted by molar-refractivity contribution is 6.05. The third-order valence-electron chi connectivity index (χ3n) is 4.63. The van der Waals surface area contributed by atoms with Crippen LogP contribution in [0.25, 0.3) is 0 Å². The number of anilines is 1. The molecule has 1 aliphatic heterocycles. The summed E-state index contributed by atoms with van der Waals surface area (Å²) in [6.07, 6.45) is 0.387. The van der Waals surface area contributed by atoms with E-state index in [0.29, 0.717) is 42.3 Å². The Kier molecular flexibility index (Phi) is 6.90. The van der Waals surface area contributed by atoms with Crippen molar-refractivity contribution < 1.29 is 23.9 Å². The Hall–Kier alpha value is -3.55. The number of benzene rings is 2. The number of nitrogens with zero attached hydrogens (tertiary/aromatic N) is 1. The van der Waals surface area contributed by atoms with Crippen molar-refractivity contribution in [2.75, 3.05) is 18.1 Å². The predicted molar refractivity (Wildman–Crippen MR) is 111 cm³/mol. The molecule has 0 bridgehead atoms. The number of ether oxygens (including phenoxy) is 2. The molecule has 0 aliphatic carbocycles. The molecule has 1 saturated heterocycles. The highest BCUT2D eigenvalue weighted by atomic mass is 16.5. The Morgan fingerprint density at radius 3 is 2.43 bits per heavy atom. The maximum Gasteiger partial charge on any atom is 0.279 e. The summed E-state index contributed by atoms with van der Waals surface area (Å²) in [4.78, 5) is 38.5. The highest BCUT2D eigenvalue weighted by Gasteiger charge is 2.26. The number of nitrogens with one attached hydrogen (secondary N) is 2. The molecule has 0 unspecified atom stereocenters. The fourth-order valence-electron chi connectivity index (χ4n) is 3.13. The summed E-state index contributed by atoms with van der Waals surface area (Å²) in [6, 6.07) is 13.7. The number of hydrazine groups is 1. The molecule has 2 aromatic carbocycles. The number of hydrogen-bond acceptors (Lipinski definition) is 5. The van der Waals surface area contributed by atoms with E-state index in [4.69, 9.17) is 9.47 Å². The SMILES string of the molecule is CCOc1ccc(O[C@H](C)C(=O)NNC(=O)c2ccccc2N2CCCC2=O)cc1. The van der Waals surface area contributed by atoms with E-state index in [2.05, 4.69) is 10.9 Å². The van der Waals surface area contributed by atoms with Crippen molar-refractivity contribution >= 4 is 23.4 Å². The van der Waals surface area contributed by atoms with E-state index in [-0.39, 0.29) is 5.91 Å². The molecule has 2 N–H and O–H groups in total. The van der Waals surface area contributed by atoms with E-state index < -0.39 is 17.9 Å². The van der Waals surface area contributed by atoms with Gasteiger partial charge in [0.15, 0.2) is 6.10 Å². The minimum absolute atomic E-state index is 0.0170. The first-order valence-corrected chi connectivity index (χ1v) is 9.88. The Morgan fingerprint density at radius 2 is 1.77 bits per heavy atom. The molecule has 0 aromatic heterocycles. The zero-order valence-corrected chi connectivity index (χ0v) is 17.0. The van der Waals surface area contributed by atoms with Crippen molar-refractivity contribution in [3.63, 3.8) is 0 Å². The highest BCUT2D eigenvalue weighted by Crippen LogP contribution is 2.25. The van der Waals surface area contributed by atoms with E-state index in [1.165, 1.54) is 0 Å². The summed E-state index contributed by atoms with van der Waals surface area (Å²) in [5, 5.41) is 0. The molecule has 8 heteroatoms. The average Bonchev–Trinajstić information content (AvgIpc) is 3.19. The molecule has 158 valence electrons. The van der Waals surface area contributed by atoms with Gasteiger partial charge in [0.05, 0.1) is 17.9 Å². The zero-order chi connectivity index (χ0) is 21.5. The molecule has 0 saturated carbocycles. The summed E-state index contributed by atoms with van der Waals surface area (Å²) in [6.45, 7) is 4.61. The first-order valence-electron chi connectivity index (χ1n) is 9.88. The van der Waals surface area contributed by atoms with Crippen LogP contribution in [-0.2, 0) is 9.59 Å². The van der Waals surface area contributed by atoms with Crippen LogP contribution in [-0.4, -0.2) is 37.0 Å². The van der Waals surface area contributed by atoms with E-state index in [1.807, 2.05) is 6.92 Å². The smallest absolute Gasteiger partial charge is 0.279 e. The van der Waals surface area contributed by atoms with Crippen LogP contribution in [0.1, 0.15) is 37.0 Å². The molecule has 3 amide bonds. The van der Waals surface area contributed by atoms with Crippen LogP contribution in [0, 0.1) is 0 Å². The van der Waals surface area contributed by atoms with E-state index >= 15 is 0 Å². The monoisotopic (exact) mass is 411 g/mol. The maximum absolute atomic E-state index is 12.6. The lowest BCUT2D eigenvalue weighted by atomic mass is 10.1. The quantitative estimate of drug-likeness (QED) is 0.682. The molecule has 3 rings (SSSR count). The summed E-state index contributed by atoms with van der Waals surface area (Å²) < 4.78 is 11.0. The first kappa shape index (κ1) is 21.2. The third kappa shape index (κ3) is 5.08. The Bertz CT molecular complexity index is 913. The molecule has 1 atom stereocenters. The Morgan fingerprint density at radius 1 is 1.07 bits per heavy atom. The predicted octanol–water partition coefficient (Wildman–Crippen LogP) is 2.44. The van der Waals surface area contributed by atoms with Crippen LogP contribution >= 0.6 is 0 Å². The average molecular weight is 411 g/mol. The number of rotatable bonds is 7. The van der Waals surface area contributed by atoms with Gasteiger partial charge in [-0.25, -0.2) is 0 Å². The number of carbonyl (C=O) groups is 3. The summed E-state index contributed by atoms with van der Waals surface area (Å²) in [5.41, 5.74) is 5.61. The second-order valence-corrected chi connectivity index (χ2v) is 6.77. The summed E-state index contributed by atoms with van der Waals surface area (Å²) >= 11 is 0. The third-order valence-corrected chi connectivity index (χ3v) is 4.63. The Balaban J connectivity index is 1.57. The standard InChI is InChI=1S/C22H25N3O5/c1-3-29-16-10-12-17(13-11-16)30-15(2)21(27)23-24-22(28)18-7-4-5-8-19(18)25-14-6-9-20(25)26/h4-5,7-8,10-13,15H,3,6,9,14H2,1-2H3,(H,23,27)(H,24,28)/t15-/m1/s1. The van der Waals surface area contributed by atoms with Crippen molar-refractivity contribution in [3.05, 3.63) is 54.1 Å². The van der Waals surface area contributed by atoms with Gasteiger partial charge in [0, 0.05) is 13.0 Å². The fraction of sp³-hybridized carbons (Fsp3) is 0.318. The summed E-state index contributed by atoms with van der Waals surface area (Å²) in [7, 11) is 0. The fourth-order valence-corrected chi connectivity index (χ4v) is 3.13. The van der Waals surface area contributed by atoms with Gasteiger partial charge in [-0.15, -0.1) is 0 Å². The van der Waals surface area contributed by atoms with Gasteiger partial charge < -0.3 is 14.4 Å². The second-order valence-electron chi connectivity index (χ2n) is 6.77. The van der Waals surface area contributed by atoms with Crippen molar-refractivity contribution in [1.29, 1.82) is 0 Å². The topological polar surface area (TPSA) is 97.0 Å². The largest absolute Gasteiger partial charge is 0.494 e. The lowest BCUT2D eigenvalue weighted by Gasteiger charge is -2.20. The molecular formula is C22H25N3O5. The number of para-hydroxylation sites is 1. The van der Waals surface area contributed by atoms with Gasteiger partial charge in [-0.2, -0.15) is 0 Å². The van der Waals surface area contributed by atoms with Crippen molar-refractivity contribution in [2.24, 2.45) is 0 Å². The van der Waals surface area contributed by atoms with Crippen LogP contribution in [0.3, 0.4) is 0 Å². The van der Waals surface area contributed by atoms with Gasteiger partial charge in [0.2, 0.25) is 5.91 Å². The number of amides is 3. The lowest BCUT2D eigenvalue weighted by Crippen LogP contribution is -2.47. The maximum atomic E-state index is 12.6. The molecule has 30 heavy (non-hydrogen) atoms. The number of carbonyl (C=O) groups excluding carboxylic acids is 3. The zero-order valence-electron chi connectivity index (χ0n) is 17.0. The molecule has 0 radical (unpaired) electrons. The van der Waals surface area contributed by atoms with Crippen molar-refractivity contribution in [3.8, 4) is 11.5 Å². The van der Waals surface area contributed by atoms with Gasteiger partial charge in [0.1, 0.15) is 11.5 Å². The molecule has 1 heterocycles. The van der Waals surface area contributed by atoms with Crippen LogP contribution in [0.2, 0.25) is 0 Å². The molecule has 1 fully saturated rings. The van der Waals surface area contributed by atoms with Crippen LogP contribution in [0.5, 0.6) is 11.5 Å². The van der Waals surface area contributed by atoms with E-state index in [1.54, 1.807) is 60.4 Å². The van der Waals surface area contributed by atoms with Crippen LogP contribution < -0.4 is 25.2 Å². The van der Waals surface area contributed by atoms with Gasteiger partial charge in [-0.05, 0) is 56.7 Å². The normalized spacial score (nSPS) is 14.2. The van der Waals surface area contributed by atoms with Crippen molar-refractivity contribution in [1.82, 2.24) is 10.9 Å². The molecular weight excluding hydrogens is 386 g/mol. The first-order chi connectivity index (χ1) is 14.5. The van der Waals surface area contributed by atoms with Gasteiger partial charge in [-0.1, -0.05) is 12.1 Å². The van der Waals surface area contributed by atoms with Gasteiger partial charge in [0.25, 0.3) is 11.8 Å². The van der Waals surface area contributed by atoms with Crippen LogP contribution in [0.15, 0.2) is 48.5 Å². The second kappa shape index (κ2) is 9.78. The summed E-state index contributed by atoms with van der Waals surface area (Å²) in [5.74, 6) is 0.185. The lowest BCUT2D eigenvalue weighted by molar-refractivity contribution is -0.128. The van der Waals surface area contributed by atoms with Gasteiger partial charge in [-0.3, -0.25) is 25.2 Å². The van der Waals surface area contributed by atoms with E-state index in [9.17, 15) is 14.4 Å². The van der Waals surface area contributed by atoms with E-state index in [0.717, 1.165) is 6.42 Å². The van der Waals surface area contributed by atoms with Crippen molar-refractivity contribution in [2.45, 2.75) is 32.8 Å². The minimum atomic E-state index is -0.835. The molecule has 2 aromatic rings. The van der Waals surface area contributed by atoms with Gasteiger partial charge >= 0.3 is 0 Å². The Labute approximate surface area is 175 Å². The van der Waals surface area contributed by atoms with Crippen LogP contribution in [0.4, 0.5) is 5.69 Å². The minimum Gasteiger partial charge on any atom is -0.494 e. The molecule has 1 aliphatic rings. The molecule has 0 spiro atoms. The molecule has 8 nitrogen and oxygen atoms in total. The number of hydrogen-bond donors (Lipinski definition) is 2.